The minimum absolute atomic E-state index is 0.200. The molecule has 0 unspecified atom stereocenters. The summed E-state index contributed by atoms with van der Waals surface area (Å²) in [6, 6.07) is 10.0. The molecule has 2 rings (SSSR count). The Morgan fingerprint density at radius 2 is 1.64 bits per heavy atom. The molecule has 0 fully saturated rings. The van der Waals surface area contributed by atoms with Gasteiger partial charge in [0.15, 0.2) is 0 Å². The van der Waals surface area contributed by atoms with Crippen LogP contribution < -0.4 is 5.32 Å². The highest BCUT2D eigenvalue weighted by Gasteiger charge is 2.32. The highest BCUT2D eigenvalue weighted by molar-refractivity contribution is 6.07. The quantitative estimate of drug-likeness (QED) is 0.909. The summed E-state index contributed by atoms with van der Waals surface area (Å²) in [6.45, 7) is 0. The van der Waals surface area contributed by atoms with Gasteiger partial charge in [-0.2, -0.15) is 13.2 Å². The molecule has 2 aromatic carbocycles. The number of aromatic carboxylic acids is 1. The molecule has 0 saturated carbocycles. The molecule has 22 heavy (non-hydrogen) atoms. The van der Waals surface area contributed by atoms with Gasteiger partial charge < -0.3 is 10.4 Å². The molecule has 7 heteroatoms. The van der Waals surface area contributed by atoms with Crippen LogP contribution in [-0.2, 0) is 6.18 Å². The molecule has 0 saturated heterocycles. The number of carboxylic acid groups (broad SMARTS) is 1. The molecule has 0 heterocycles. The van der Waals surface area contributed by atoms with E-state index in [1.807, 2.05) is 0 Å². The van der Waals surface area contributed by atoms with Gasteiger partial charge >= 0.3 is 12.1 Å². The van der Waals surface area contributed by atoms with Crippen LogP contribution in [0.1, 0.15) is 26.3 Å². The summed E-state index contributed by atoms with van der Waals surface area (Å²) >= 11 is 0. The van der Waals surface area contributed by atoms with Crippen LogP contribution in [0.2, 0.25) is 0 Å². The average molecular weight is 309 g/mol. The molecule has 1 amide bonds. The first-order chi connectivity index (χ1) is 10.3. The van der Waals surface area contributed by atoms with Crippen LogP contribution in [0.3, 0.4) is 0 Å². The molecular weight excluding hydrogens is 299 g/mol. The maximum Gasteiger partial charge on any atom is 0.416 e. The summed E-state index contributed by atoms with van der Waals surface area (Å²) in [5.41, 5.74) is -1.66. The summed E-state index contributed by atoms with van der Waals surface area (Å²) < 4.78 is 37.8. The topological polar surface area (TPSA) is 66.4 Å². The summed E-state index contributed by atoms with van der Waals surface area (Å²) in [4.78, 5) is 23.0. The van der Waals surface area contributed by atoms with Gasteiger partial charge in [0, 0.05) is 5.56 Å². The number of nitrogens with one attached hydrogen (secondary N) is 1. The van der Waals surface area contributed by atoms with E-state index in [-0.39, 0.29) is 11.3 Å². The third kappa shape index (κ3) is 3.43. The Labute approximate surface area is 123 Å². The van der Waals surface area contributed by atoms with E-state index in [0.717, 1.165) is 6.07 Å². The lowest BCUT2D eigenvalue weighted by Crippen LogP contribution is -2.16. The molecule has 4 nitrogen and oxygen atoms in total. The lowest BCUT2D eigenvalue weighted by molar-refractivity contribution is -0.137. The second-order valence-corrected chi connectivity index (χ2v) is 4.38. The number of alkyl halides is 3. The van der Waals surface area contributed by atoms with Gasteiger partial charge in [0.05, 0.1) is 16.8 Å². The van der Waals surface area contributed by atoms with Crippen molar-refractivity contribution >= 4 is 17.6 Å². The second kappa shape index (κ2) is 5.88. The minimum Gasteiger partial charge on any atom is -0.478 e. The average Bonchev–Trinajstić information content (AvgIpc) is 2.47. The Morgan fingerprint density at radius 1 is 1.00 bits per heavy atom. The van der Waals surface area contributed by atoms with Crippen molar-refractivity contribution in [1.82, 2.24) is 0 Å². The fraction of sp³-hybridized carbons (Fsp3) is 0.0667. The SMILES string of the molecule is O=C(Nc1ccc(C(F)(F)F)cc1C(=O)O)c1ccccc1. The summed E-state index contributed by atoms with van der Waals surface area (Å²) in [5.74, 6) is -2.17. The number of amides is 1. The van der Waals surface area contributed by atoms with Gasteiger partial charge in [-0.15, -0.1) is 0 Å². The van der Waals surface area contributed by atoms with Crippen molar-refractivity contribution in [2.45, 2.75) is 6.18 Å². The Bertz CT molecular complexity index is 712. The molecule has 0 spiro atoms. The van der Waals surface area contributed by atoms with E-state index < -0.39 is 29.2 Å². The third-order valence-electron chi connectivity index (χ3n) is 2.86. The van der Waals surface area contributed by atoms with Crippen LogP contribution in [0, 0.1) is 0 Å². The van der Waals surface area contributed by atoms with Gasteiger partial charge in [0.25, 0.3) is 5.91 Å². The highest BCUT2D eigenvalue weighted by Crippen LogP contribution is 2.32. The molecule has 2 N–H and O–H groups in total. The van der Waals surface area contributed by atoms with Crippen molar-refractivity contribution in [2.24, 2.45) is 0 Å². The van der Waals surface area contributed by atoms with Crippen LogP contribution in [-0.4, -0.2) is 17.0 Å². The van der Waals surface area contributed by atoms with Gasteiger partial charge in [0.2, 0.25) is 0 Å². The number of benzene rings is 2. The fourth-order valence-corrected chi connectivity index (χ4v) is 1.79. The van der Waals surface area contributed by atoms with Gasteiger partial charge in [-0.3, -0.25) is 4.79 Å². The van der Waals surface area contributed by atoms with E-state index in [9.17, 15) is 22.8 Å². The smallest absolute Gasteiger partial charge is 0.416 e. The van der Waals surface area contributed by atoms with Gasteiger partial charge in [-0.05, 0) is 30.3 Å². The molecule has 0 aliphatic carbocycles. The Hall–Kier alpha value is -2.83. The second-order valence-electron chi connectivity index (χ2n) is 4.38. The molecule has 0 radical (unpaired) electrons. The summed E-state index contributed by atoms with van der Waals surface area (Å²) in [7, 11) is 0. The summed E-state index contributed by atoms with van der Waals surface area (Å²) in [6.07, 6.45) is -4.66. The molecule has 0 aliphatic heterocycles. The zero-order valence-corrected chi connectivity index (χ0v) is 11.0. The highest BCUT2D eigenvalue weighted by atomic mass is 19.4. The van der Waals surface area contributed by atoms with Crippen LogP contribution in [0.25, 0.3) is 0 Å². The van der Waals surface area contributed by atoms with Gasteiger partial charge in [-0.25, -0.2) is 4.79 Å². The third-order valence-corrected chi connectivity index (χ3v) is 2.86. The van der Waals surface area contributed by atoms with Gasteiger partial charge in [0.1, 0.15) is 0 Å². The van der Waals surface area contributed by atoms with E-state index in [0.29, 0.717) is 12.1 Å². The first-order valence-corrected chi connectivity index (χ1v) is 6.10. The molecular formula is C15H10F3NO3. The monoisotopic (exact) mass is 309 g/mol. The standard InChI is InChI=1S/C15H10F3NO3/c16-15(17,18)10-6-7-12(11(8-10)14(21)22)19-13(20)9-4-2-1-3-5-9/h1-8H,(H,19,20)(H,21,22). The first-order valence-electron chi connectivity index (χ1n) is 6.10. The van der Waals surface area contributed by atoms with E-state index in [1.165, 1.54) is 12.1 Å². The number of carbonyl (C=O) groups is 2. The number of hydrogen-bond acceptors (Lipinski definition) is 2. The molecule has 0 aliphatic rings. The molecule has 0 aromatic heterocycles. The van der Waals surface area contributed by atoms with E-state index in [4.69, 9.17) is 5.11 Å². The minimum atomic E-state index is -4.66. The maximum absolute atomic E-state index is 12.6. The Morgan fingerprint density at radius 3 is 2.18 bits per heavy atom. The molecule has 0 atom stereocenters. The fourth-order valence-electron chi connectivity index (χ4n) is 1.79. The van der Waals surface area contributed by atoms with Crippen molar-refractivity contribution in [3.05, 3.63) is 65.2 Å². The largest absolute Gasteiger partial charge is 0.478 e. The van der Waals surface area contributed by atoms with Crippen LogP contribution in [0.5, 0.6) is 0 Å². The van der Waals surface area contributed by atoms with Crippen molar-refractivity contribution in [2.75, 3.05) is 5.32 Å². The lowest BCUT2D eigenvalue weighted by atomic mass is 10.1. The zero-order valence-electron chi connectivity index (χ0n) is 11.0. The zero-order chi connectivity index (χ0) is 16.3. The normalized spacial score (nSPS) is 11.0. The van der Waals surface area contributed by atoms with Crippen molar-refractivity contribution in [3.8, 4) is 0 Å². The predicted octanol–water partition coefficient (Wildman–Crippen LogP) is 3.66. The molecule has 114 valence electrons. The number of rotatable bonds is 3. The van der Waals surface area contributed by atoms with Crippen molar-refractivity contribution in [1.29, 1.82) is 0 Å². The van der Waals surface area contributed by atoms with E-state index in [1.54, 1.807) is 18.2 Å². The van der Waals surface area contributed by atoms with Crippen LogP contribution >= 0.6 is 0 Å². The van der Waals surface area contributed by atoms with Crippen LogP contribution in [0.4, 0.5) is 18.9 Å². The van der Waals surface area contributed by atoms with Crippen molar-refractivity contribution in [3.63, 3.8) is 0 Å². The van der Waals surface area contributed by atoms with Gasteiger partial charge in [-0.1, -0.05) is 18.2 Å². The summed E-state index contributed by atoms with van der Waals surface area (Å²) in [5, 5.41) is 11.3. The molecule has 0 bridgehead atoms. The first kappa shape index (κ1) is 15.6. The van der Waals surface area contributed by atoms with Crippen LogP contribution in [0.15, 0.2) is 48.5 Å². The van der Waals surface area contributed by atoms with E-state index >= 15 is 0 Å². The Balaban J connectivity index is 2.35. The Kier molecular flexibility index (Phi) is 4.16. The van der Waals surface area contributed by atoms with E-state index in [2.05, 4.69) is 5.32 Å². The number of carboxylic acids is 1. The molecule has 2 aromatic rings. The maximum atomic E-state index is 12.6. The van der Waals surface area contributed by atoms with Crippen molar-refractivity contribution < 1.29 is 27.9 Å². The number of carbonyl (C=O) groups excluding carboxylic acids is 1. The number of halogens is 3. The number of anilines is 1. The predicted molar refractivity (Wildman–Crippen MR) is 72.8 cm³/mol. The lowest BCUT2D eigenvalue weighted by Gasteiger charge is -2.12. The number of hydrogen-bond donors (Lipinski definition) is 2.